The predicted molar refractivity (Wildman–Crippen MR) is 197 cm³/mol. The van der Waals surface area contributed by atoms with Crippen LogP contribution >= 0.6 is 0 Å². The molecule has 0 aliphatic carbocycles. The quantitative estimate of drug-likeness (QED) is 0.143. The molecule has 0 aliphatic heterocycles. The van der Waals surface area contributed by atoms with Crippen LogP contribution in [0.15, 0.2) is 133 Å². The molecule has 0 atom stereocenters. The third kappa shape index (κ3) is 7.34. The summed E-state index contributed by atoms with van der Waals surface area (Å²) in [6.07, 6.45) is 0. The summed E-state index contributed by atoms with van der Waals surface area (Å²) in [5, 5.41) is 0. The van der Waals surface area contributed by atoms with Crippen LogP contribution in [0.4, 0.5) is 34.1 Å². The van der Waals surface area contributed by atoms with Crippen molar-refractivity contribution in [3.05, 3.63) is 167 Å². The molecule has 0 amide bonds. The van der Waals surface area contributed by atoms with Gasteiger partial charge in [0.25, 0.3) is 0 Å². The Morgan fingerprint density at radius 2 is 0.596 bits per heavy atom. The van der Waals surface area contributed by atoms with Gasteiger partial charge in [-0.1, -0.05) is 82.9 Å². The van der Waals surface area contributed by atoms with Gasteiger partial charge in [0.05, 0.1) is 0 Å². The largest absolute Gasteiger partial charge is 0.457 e. The number of anilines is 6. The lowest BCUT2D eigenvalue weighted by Gasteiger charge is -2.27. The van der Waals surface area contributed by atoms with Crippen molar-refractivity contribution in [2.45, 2.75) is 41.5 Å². The highest BCUT2D eigenvalue weighted by Crippen LogP contribution is 2.39. The summed E-state index contributed by atoms with van der Waals surface area (Å²) < 4.78 is 12.7. The molecule has 4 nitrogen and oxygen atoms in total. The third-order valence-corrected chi connectivity index (χ3v) is 8.46. The van der Waals surface area contributed by atoms with Crippen molar-refractivity contribution in [1.82, 2.24) is 0 Å². The Labute approximate surface area is 279 Å². The lowest BCUT2D eigenvalue weighted by Crippen LogP contribution is -2.12. The maximum atomic E-state index is 6.33. The lowest BCUT2D eigenvalue weighted by molar-refractivity contribution is 0.118. The van der Waals surface area contributed by atoms with Crippen molar-refractivity contribution in [3.8, 4) is 11.5 Å². The van der Waals surface area contributed by atoms with Crippen molar-refractivity contribution in [2.75, 3.05) is 16.6 Å². The highest BCUT2D eigenvalue weighted by molar-refractivity contribution is 5.79. The molecule has 6 aromatic carbocycles. The third-order valence-electron chi connectivity index (χ3n) is 8.46. The van der Waals surface area contributed by atoms with Gasteiger partial charge >= 0.3 is 0 Å². The maximum Gasteiger partial charge on any atom is 0.230 e. The molecular weight excluding hydrogens is 576 g/mol. The minimum atomic E-state index is 0.0821. The van der Waals surface area contributed by atoms with E-state index < -0.39 is 0 Å². The molecule has 4 heteroatoms. The summed E-state index contributed by atoms with van der Waals surface area (Å²) in [7, 11) is 0. The van der Waals surface area contributed by atoms with E-state index in [4.69, 9.17) is 9.47 Å². The first kappa shape index (κ1) is 31.5. The molecule has 0 radical (unpaired) electrons. The molecule has 0 saturated carbocycles. The summed E-state index contributed by atoms with van der Waals surface area (Å²) in [6.45, 7) is 12.6. The fourth-order valence-corrected chi connectivity index (χ4v) is 5.59. The molecule has 0 spiro atoms. The molecule has 236 valence electrons. The predicted octanol–water partition coefficient (Wildman–Crippen LogP) is 11.9. The van der Waals surface area contributed by atoms with E-state index in [1.807, 2.05) is 0 Å². The molecule has 0 N–H and O–H groups in total. The van der Waals surface area contributed by atoms with Crippen molar-refractivity contribution < 1.29 is 9.47 Å². The van der Waals surface area contributed by atoms with Crippen LogP contribution in [-0.4, -0.2) is 6.79 Å². The van der Waals surface area contributed by atoms with Crippen LogP contribution in [-0.2, 0) is 0 Å². The molecule has 0 aliphatic rings. The van der Waals surface area contributed by atoms with Crippen molar-refractivity contribution in [3.63, 3.8) is 0 Å². The van der Waals surface area contributed by atoms with E-state index in [0.29, 0.717) is 0 Å². The highest BCUT2D eigenvalue weighted by atomic mass is 16.7. The van der Waals surface area contributed by atoms with Gasteiger partial charge in [0.15, 0.2) is 0 Å². The Hall–Kier alpha value is -5.48. The molecule has 0 bridgehead atoms. The number of rotatable bonds is 10. The fourth-order valence-electron chi connectivity index (χ4n) is 5.59. The SMILES string of the molecule is Cc1ccc(N(c2ccc(C)cc2)c2ccc(C)c(OCOc3cc(N(c4ccc(C)cc4)c4ccc(C)cc4)ccc3C)c2)cc1. The summed E-state index contributed by atoms with van der Waals surface area (Å²) >= 11 is 0. The number of hydrogen-bond acceptors (Lipinski definition) is 4. The van der Waals surface area contributed by atoms with Crippen LogP contribution in [0.2, 0.25) is 0 Å². The Bertz CT molecular complexity index is 1710. The second-order valence-electron chi connectivity index (χ2n) is 12.3. The average molecular weight is 619 g/mol. The number of benzene rings is 6. The molecule has 0 saturated heterocycles. The fraction of sp³-hybridized carbons (Fsp3) is 0.163. The molecule has 6 aromatic rings. The van der Waals surface area contributed by atoms with Crippen LogP contribution in [0.3, 0.4) is 0 Å². The minimum absolute atomic E-state index is 0.0821. The van der Waals surface area contributed by atoms with Crippen molar-refractivity contribution in [2.24, 2.45) is 0 Å². The molecule has 47 heavy (non-hydrogen) atoms. The Morgan fingerprint density at radius 1 is 0.340 bits per heavy atom. The monoisotopic (exact) mass is 618 g/mol. The first-order chi connectivity index (χ1) is 22.7. The Morgan fingerprint density at radius 3 is 0.872 bits per heavy atom. The smallest absolute Gasteiger partial charge is 0.230 e. The van der Waals surface area contributed by atoms with E-state index in [1.54, 1.807) is 0 Å². The molecule has 0 fully saturated rings. The van der Waals surface area contributed by atoms with Crippen LogP contribution in [0.25, 0.3) is 0 Å². The van der Waals surface area contributed by atoms with Crippen LogP contribution < -0.4 is 19.3 Å². The van der Waals surface area contributed by atoms with Gasteiger partial charge in [-0.05, 0) is 113 Å². The van der Waals surface area contributed by atoms with Gasteiger partial charge in [0.2, 0.25) is 6.79 Å². The molecule has 0 aromatic heterocycles. The van der Waals surface area contributed by atoms with E-state index in [1.165, 1.54) is 22.3 Å². The number of ether oxygens (including phenoxy) is 2. The summed E-state index contributed by atoms with van der Waals surface area (Å²) in [4.78, 5) is 4.51. The number of nitrogens with zero attached hydrogens (tertiary/aromatic N) is 2. The van der Waals surface area contributed by atoms with Crippen LogP contribution in [0.5, 0.6) is 11.5 Å². The first-order valence-electron chi connectivity index (χ1n) is 16.1. The van der Waals surface area contributed by atoms with Crippen molar-refractivity contribution in [1.29, 1.82) is 0 Å². The average Bonchev–Trinajstić information content (AvgIpc) is 3.07. The topological polar surface area (TPSA) is 24.9 Å². The highest BCUT2D eigenvalue weighted by Gasteiger charge is 2.16. The van der Waals surface area contributed by atoms with E-state index >= 15 is 0 Å². The van der Waals surface area contributed by atoms with E-state index in [9.17, 15) is 0 Å². The second-order valence-corrected chi connectivity index (χ2v) is 12.3. The van der Waals surface area contributed by atoms with Gasteiger partial charge < -0.3 is 19.3 Å². The normalized spacial score (nSPS) is 10.9. The van der Waals surface area contributed by atoms with Crippen molar-refractivity contribution >= 4 is 34.1 Å². The van der Waals surface area contributed by atoms with Gasteiger partial charge in [-0.25, -0.2) is 0 Å². The van der Waals surface area contributed by atoms with Crippen LogP contribution in [0.1, 0.15) is 33.4 Å². The van der Waals surface area contributed by atoms with Gasteiger partial charge in [0, 0.05) is 46.3 Å². The maximum absolute atomic E-state index is 6.33. The number of aryl methyl sites for hydroxylation is 6. The summed E-state index contributed by atoms with van der Waals surface area (Å²) in [5.41, 5.74) is 13.4. The lowest BCUT2D eigenvalue weighted by atomic mass is 10.1. The zero-order chi connectivity index (χ0) is 32.9. The first-order valence-corrected chi connectivity index (χ1v) is 16.1. The Balaban J connectivity index is 1.26. The van der Waals surface area contributed by atoms with Crippen LogP contribution in [0, 0.1) is 41.5 Å². The summed E-state index contributed by atoms with van der Waals surface area (Å²) in [5.74, 6) is 1.56. The van der Waals surface area contributed by atoms with Gasteiger partial charge in [-0.3, -0.25) is 0 Å². The van der Waals surface area contributed by atoms with E-state index in [0.717, 1.165) is 56.8 Å². The second kappa shape index (κ2) is 13.9. The molecule has 0 heterocycles. The number of hydrogen-bond donors (Lipinski definition) is 0. The van der Waals surface area contributed by atoms with Gasteiger partial charge in [0.1, 0.15) is 11.5 Å². The van der Waals surface area contributed by atoms with Gasteiger partial charge in [-0.15, -0.1) is 0 Å². The zero-order valence-corrected chi connectivity index (χ0v) is 28.1. The standard InChI is InChI=1S/C43H42N2O2/c1-30-7-17-36(18-8-30)44(37-19-9-31(2)10-20-37)40-25-15-34(5)42(27-40)46-29-47-43-28-41(26-16-35(43)6)45(38-21-11-32(3)12-22-38)39-23-13-33(4)14-24-39/h7-28H,29H2,1-6H3. The zero-order valence-electron chi connectivity index (χ0n) is 28.1. The summed E-state index contributed by atoms with van der Waals surface area (Å²) in [6, 6.07) is 47.1. The molecular formula is C43H42N2O2. The minimum Gasteiger partial charge on any atom is -0.457 e. The Kier molecular flexibility index (Phi) is 9.30. The van der Waals surface area contributed by atoms with E-state index in [-0.39, 0.29) is 6.79 Å². The van der Waals surface area contributed by atoms with E-state index in [2.05, 4.69) is 185 Å². The van der Waals surface area contributed by atoms with Gasteiger partial charge in [-0.2, -0.15) is 0 Å². The molecule has 0 unspecified atom stereocenters. The molecule has 6 rings (SSSR count).